The van der Waals surface area contributed by atoms with Crippen molar-refractivity contribution in [2.75, 3.05) is 11.5 Å². The quantitative estimate of drug-likeness (QED) is 0.810. The van der Waals surface area contributed by atoms with Crippen molar-refractivity contribution < 1.29 is 0 Å². The number of nitrogens with zero attached hydrogens (tertiary/aromatic N) is 3. The van der Waals surface area contributed by atoms with Crippen LogP contribution in [0.4, 0.5) is 0 Å². The molecule has 102 valence electrons. The molecule has 0 amide bonds. The fourth-order valence-electron chi connectivity index (χ4n) is 2.64. The van der Waals surface area contributed by atoms with Crippen LogP contribution in [0.15, 0.2) is 12.3 Å². The topological polar surface area (TPSA) is 30.7 Å². The number of hydrogen-bond acceptors (Lipinski definition) is 3. The van der Waals surface area contributed by atoms with Gasteiger partial charge in [-0.1, -0.05) is 0 Å². The molecule has 5 heteroatoms. The van der Waals surface area contributed by atoms with Gasteiger partial charge in [-0.05, 0) is 48.8 Å². The van der Waals surface area contributed by atoms with Gasteiger partial charge in [0.15, 0.2) is 5.65 Å². The van der Waals surface area contributed by atoms with Crippen molar-refractivity contribution >= 4 is 34.5 Å². The largest absolute Gasteiger partial charge is 0.311 e. The summed E-state index contributed by atoms with van der Waals surface area (Å²) in [4.78, 5) is 9.17. The van der Waals surface area contributed by atoms with Gasteiger partial charge in [0.25, 0.3) is 0 Å². The zero-order valence-electron chi connectivity index (χ0n) is 11.1. The molecule has 0 aromatic carbocycles. The van der Waals surface area contributed by atoms with Gasteiger partial charge in [-0.3, -0.25) is 0 Å². The predicted molar refractivity (Wildman–Crippen MR) is 81.9 cm³/mol. The molecule has 0 spiro atoms. The van der Waals surface area contributed by atoms with Crippen molar-refractivity contribution in [3.8, 4) is 0 Å². The lowest BCUT2D eigenvalue weighted by Gasteiger charge is -2.22. The lowest BCUT2D eigenvalue weighted by atomic mass is 10.0. The Morgan fingerprint density at radius 1 is 1.42 bits per heavy atom. The molecule has 0 radical (unpaired) electrons. The Morgan fingerprint density at radius 2 is 2.21 bits per heavy atom. The van der Waals surface area contributed by atoms with E-state index in [0.717, 1.165) is 35.0 Å². The number of rotatable bonds is 3. The van der Waals surface area contributed by atoms with Crippen LogP contribution < -0.4 is 0 Å². The maximum Gasteiger partial charge on any atom is 0.160 e. The van der Waals surface area contributed by atoms with Gasteiger partial charge in [0.2, 0.25) is 0 Å². The molecular weight excluding hydrogens is 278 g/mol. The zero-order valence-corrected chi connectivity index (χ0v) is 12.7. The van der Waals surface area contributed by atoms with Crippen LogP contribution >= 0.6 is 23.4 Å². The van der Waals surface area contributed by atoms with Crippen LogP contribution in [-0.2, 0) is 12.4 Å². The van der Waals surface area contributed by atoms with Crippen LogP contribution in [0, 0.1) is 12.8 Å². The summed E-state index contributed by atoms with van der Waals surface area (Å²) in [5, 5.41) is 0. The average Bonchev–Trinajstić information content (AvgIpc) is 2.77. The van der Waals surface area contributed by atoms with Crippen molar-refractivity contribution in [1.82, 2.24) is 14.5 Å². The van der Waals surface area contributed by atoms with E-state index < -0.39 is 0 Å². The van der Waals surface area contributed by atoms with Crippen molar-refractivity contribution in [3.63, 3.8) is 0 Å². The second kappa shape index (κ2) is 5.71. The van der Waals surface area contributed by atoms with Crippen molar-refractivity contribution in [2.24, 2.45) is 5.92 Å². The summed E-state index contributed by atoms with van der Waals surface area (Å²) in [7, 11) is 0. The highest BCUT2D eigenvalue weighted by Gasteiger charge is 2.18. The van der Waals surface area contributed by atoms with E-state index in [1.807, 2.05) is 13.1 Å². The Labute approximate surface area is 122 Å². The number of aryl methyl sites for hydroxylation is 1. The lowest BCUT2D eigenvalue weighted by Crippen LogP contribution is -2.17. The molecule has 19 heavy (non-hydrogen) atoms. The van der Waals surface area contributed by atoms with E-state index >= 15 is 0 Å². The summed E-state index contributed by atoms with van der Waals surface area (Å²) in [6.45, 7) is 3.05. The van der Waals surface area contributed by atoms with Gasteiger partial charge in [0, 0.05) is 12.7 Å². The van der Waals surface area contributed by atoms with E-state index in [2.05, 4.69) is 32.4 Å². The monoisotopic (exact) mass is 295 g/mol. The lowest BCUT2D eigenvalue weighted by molar-refractivity contribution is 0.416. The summed E-state index contributed by atoms with van der Waals surface area (Å²) in [6.07, 6.45) is 4.49. The van der Waals surface area contributed by atoms with Crippen LogP contribution in [0.3, 0.4) is 0 Å². The minimum Gasteiger partial charge on any atom is -0.311 e. The summed E-state index contributed by atoms with van der Waals surface area (Å²) in [6, 6.07) is 2.09. The standard InChI is InChI=1S/C14H18ClN3S/c1-10-6-12-14(16-8-10)18(13(7-15)17-12)9-11-2-4-19-5-3-11/h6,8,11H,2-5,7,9H2,1H3. The second-order valence-corrected chi connectivity index (χ2v) is 6.68. The molecule has 3 nitrogen and oxygen atoms in total. The fourth-order valence-corrected chi connectivity index (χ4v) is 4.05. The highest BCUT2D eigenvalue weighted by atomic mass is 35.5. The molecule has 1 aliphatic heterocycles. The SMILES string of the molecule is Cc1cnc2c(c1)nc(CCl)n2CC1CCSCC1. The number of alkyl halides is 1. The first-order valence-corrected chi connectivity index (χ1v) is 8.42. The normalized spacial score (nSPS) is 17.2. The molecule has 0 bridgehead atoms. The van der Waals surface area contributed by atoms with Gasteiger partial charge in [0.1, 0.15) is 11.3 Å². The van der Waals surface area contributed by atoms with Gasteiger partial charge < -0.3 is 4.57 Å². The molecule has 0 N–H and O–H groups in total. The molecule has 1 saturated heterocycles. The van der Waals surface area contributed by atoms with Gasteiger partial charge in [-0.15, -0.1) is 11.6 Å². The Balaban J connectivity index is 1.95. The third-order valence-electron chi connectivity index (χ3n) is 3.70. The van der Waals surface area contributed by atoms with E-state index in [9.17, 15) is 0 Å². The maximum atomic E-state index is 6.05. The number of thioether (sulfide) groups is 1. The number of fused-ring (bicyclic) bond motifs is 1. The molecule has 0 unspecified atom stereocenters. The summed E-state index contributed by atoms with van der Waals surface area (Å²) < 4.78 is 2.22. The summed E-state index contributed by atoms with van der Waals surface area (Å²) >= 11 is 8.11. The minimum absolute atomic E-state index is 0.455. The summed E-state index contributed by atoms with van der Waals surface area (Å²) in [5.41, 5.74) is 3.10. The Kier molecular flexibility index (Phi) is 3.99. The number of halogens is 1. The van der Waals surface area contributed by atoms with E-state index in [1.165, 1.54) is 24.3 Å². The summed E-state index contributed by atoms with van der Waals surface area (Å²) in [5.74, 6) is 4.70. The van der Waals surface area contributed by atoms with E-state index in [0.29, 0.717) is 5.88 Å². The first kappa shape index (κ1) is 13.3. The Bertz CT molecular complexity index is 575. The molecule has 2 aromatic heterocycles. The molecule has 1 fully saturated rings. The average molecular weight is 296 g/mol. The van der Waals surface area contributed by atoms with Crippen molar-refractivity contribution in [3.05, 3.63) is 23.7 Å². The zero-order chi connectivity index (χ0) is 13.2. The van der Waals surface area contributed by atoms with Crippen LogP contribution in [-0.4, -0.2) is 26.0 Å². The fraction of sp³-hybridized carbons (Fsp3) is 0.571. The van der Waals surface area contributed by atoms with Gasteiger partial charge in [-0.2, -0.15) is 11.8 Å². The van der Waals surface area contributed by atoms with Gasteiger partial charge in [0.05, 0.1) is 5.88 Å². The van der Waals surface area contributed by atoms with Crippen LogP contribution in [0.5, 0.6) is 0 Å². The molecule has 0 aliphatic carbocycles. The third-order valence-corrected chi connectivity index (χ3v) is 4.99. The highest BCUT2D eigenvalue weighted by molar-refractivity contribution is 7.99. The van der Waals surface area contributed by atoms with Crippen molar-refractivity contribution in [1.29, 1.82) is 0 Å². The number of aromatic nitrogens is 3. The minimum atomic E-state index is 0.455. The van der Waals surface area contributed by atoms with E-state index in [1.54, 1.807) is 0 Å². The first-order chi connectivity index (χ1) is 9.28. The molecule has 3 rings (SSSR count). The van der Waals surface area contributed by atoms with Crippen molar-refractivity contribution in [2.45, 2.75) is 32.2 Å². The molecule has 0 saturated carbocycles. The van der Waals surface area contributed by atoms with Crippen LogP contribution in [0.25, 0.3) is 11.2 Å². The number of imidazole rings is 1. The maximum absolute atomic E-state index is 6.05. The molecule has 0 atom stereocenters. The van der Waals surface area contributed by atoms with E-state index in [4.69, 9.17) is 11.6 Å². The number of hydrogen-bond donors (Lipinski definition) is 0. The smallest absolute Gasteiger partial charge is 0.160 e. The third kappa shape index (κ3) is 2.75. The predicted octanol–water partition coefficient (Wildman–Crippen LogP) is 3.62. The van der Waals surface area contributed by atoms with E-state index in [-0.39, 0.29) is 0 Å². The second-order valence-electron chi connectivity index (χ2n) is 5.18. The first-order valence-electron chi connectivity index (χ1n) is 6.73. The van der Waals surface area contributed by atoms with Crippen LogP contribution in [0.2, 0.25) is 0 Å². The number of pyridine rings is 1. The van der Waals surface area contributed by atoms with Gasteiger partial charge in [-0.25, -0.2) is 9.97 Å². The molecular formula is C14H18ClN3S. The Morgan fingerprint density at radius 3 is 2.95 bits per heavy atom. The Hall–Kier alpha value is -0.740. The molecule has 3 heterocycles. The van der Waals surface area contributed by atoms with Crippen LogP contribution in [0.1, 0.15) is 24.2 Å². The molecule has 1 aliphatic rings. The van der Waals surface area contributed by atoms with Gasteiger partial charge >= 0.3 is 0 Å². The molecule has 2 aromatic rings. The highest BCUT2D eigenvalue weighted by Crippen LogP contribution is 2.26.